The van der Waals surface area contributed by atoms with Gasteiger partial charge in [0.05, 0.1) is 12.3 Å². The highest BCUT2D eigenvalue weighted by Crippen LogP contribution is 2.32. The van der Waals surface area contributed by atoms with Crippen molar-refractivity contribution in [1.82, 2.24) is 5.43 Å². The van der Waals surface area contributed by atoms with Crippen LogP contribution < -0.4 is 20.2 Å². The van der Waals surface area contributed by atoms with E-state index in [1.807, 2.05) is 49.4 Å². The first-order valence-corrected chi connectivity index (χ1v) is 9.98. The Hall–Kier alpha value is -3.00. The monoisotopic (exact) mass is 396 g/mol. The van der Waals surface area contributed by atoms with Gasteiger partial charge in [-0.05, 0) is 35.4 Å². The third-order valence-corrected chi connectivity index (χ3v) is 5.21. The van der Waals surface area contributed by atoms with Gasteiger partial charge in [0.25, 0.3) is 0 Å². The minimum Gasteiger partial charge on any atom is -0.454 e. The van der Waals surface area contributed by atoms with Gasteiger partial charge >= 0.3 is 0 Å². The average Bonchev–Trinajstić information content (AvgIpc) is 3.21. The van der Waals surface area contributed by atoms with Crippen molar-refractivity contribution < 1.29 is 14.3 Å². The number of rotatable bonds is 5. The number of benzene rings is 2. The second kappa shape index (κ2) is 8.35. The number of carbonyl (C=O) groups is 1. The maximum atomic E-state index is 11.4. The Morgan fingerprint density at radius 3 is 2.79 bits per heavy atom. The van der Waals surface area contributed by atoms with Crippen LogP contribution in [0.3, 0.4) is 0 Å². The van der Waals surface area contributed by atoms with Gasteiger partial charge in [-0.1, -0.05) is 36.9 Å². The van der Waals surface area contributed by atoms with Crippen LogP contribution in [0.5, 0.6) is 11.5 Å². The number of amides is 1. The van der Waals surface area contributed by atoms with E-state index in [2.05, 4.69) is 20.8 Å². The van der Waals surface area contributed by atoms with Crippen molar-refractivity contribution in [3.8, 4) is 11.5 Å². The summed E-state index contributed by atoms with van der Waals surface area (Å²) in [4.78, 5) is 16.0. The summed E-state index contributed by atoms with van der Waals surface area (Å²) in [7, 11) is 0. The maximum Gasteiger partial charge on any atom is 0.231 e. The molecule has 28 heavy (non-hydrogen) atoms. The van der Waals surface area contributed by atoms with E-state index in [1.165, 1.54) is 0 Å². The fourth-order valence-corrected chi connectivity index (χ4v) is 3.51. The van der Waals surface area contributed by atoms with E-state index < -0.39 is 0 Å². The van der Waals surface area contributed by atoms with Gasteiger partial charge in [-0.2, -0.15) is 5.10 Å². The van der Waals surface area contributed by atoms with Crippen molar-refractivity contribution >= 4 is 34.2 Å². The fourth-order valence-electron chi connectivity index (χ4n) is 2.74. The van der Waals surface area contributed by atoms with Gasteiger partial charge in [0, 0.05) is 17.9 Å². The number of hydrogen-bond acceptors (Lipinski definition) is 6. The second-order valence-electron chi connectivity index (χ2n) is 6.25. The molecule has 1 amide bonds. The molecule has 144 valence electrons. The first-order chi connectivity index (χ1) is 13.7. The third-order valence-electron chi connectivity index (χ3n) is 4.30. The smallest absolute Gasteiger partial charge is 0.231 e. The van der Waals surface area contributed by atoms with Crippen LogP contribution in [0, 0.1) is 0 Å². The van der Waals surface area contributed by atoms with E-state index in [-0.39, 0.29) is 12.7 Å². The zero-order valence-corrected chi connectivity index (χ0v) is 16.2. The third kappa shape index (κ3) is 4.28. The summed E-state index contributed by atoms with van der Waals surface area (Å²) >= 11 is 1.61. The highest BCUT2D eigenvalue weighted by Gasteiger charge is 2.15. The van der Waals surface area contributed by atoms with Crippen LogP contribution in [0.1, 0.15) is 24.5 Å². The second-order valence-corrected chi connectivity index (χ2v) is 7.21. The van der Waals surface area contributed by atoms with Crippen LogP contribution in [0.15, 0.2) is 52.6 Å². The number of carbonyl (C=O) groups excluding carboxylic acids is 1. The van der Waals surface area contributed by atoms with E-state index in [4.69, 9.17) is 9.47 Å². The molecule has 2 aliphatic heterocycles. The van der Waals surface area contributed by atoms with Gasteiger partial charge in [0.1, 0.15) is 0 Å². The number of thioether (sulfide) groups is 1. The maximum absolute atomic E-state index is 11.4. The number of amidine groups is 1. The molecule has 0 aromatic heterocycles. The Bertz CT molecular complexity index is 941. The number of fused-ring (bicyclic) bond motifs is 1. The molecule has 0 atom stereocenters. The Kier molecular flexibility index (Phi) is 5.48. The molecule has 0 bridgehead atoms. The topological polar surface area (TPSA) is 84.3 Å². The molecule has 0 radical (unpaired) electrons. The van der Waals surface area contributed by atoms with Crippen LogP contribution in [0.25, 0.3) is 0 Å². The molecule has 0 fully saturated rings. The fraction of sp³-hybridized carbons (Fsp3) is 0.250. The Morgan fingerprint density at radius 2 is 2.04 bits per heavy atom. The molecular weight excluding hydrogens is 376 g/mol. The molecule has 0 saturated heterocycles. The summed E-state index contributed by atoms with van der Waals surface area (Å²) in [5.74, 6) is 2.27. The lowest BCUT2D eigenvalue weighted by Gasteiger charge is -2.15. The summed E-state index contributed by atoms with van der Waals surface area (Å²) in [6.07, 6.45) is 0.462. The predicted molar refractivity (Wildman–Crippen MR) is 111 cm³/mol. The normalized spacial score (nSPS) is 16.5. The molecule has 2 aromatic rings. The standard InChI is InChI=1S/C20H20N4O3S/c1-2-19(25)22-15-6-4-14(5-7-15)16-11-28-20(24-23-16)21-10-13-3-8-17-18(9-13)27-12-26-17/h3-9H,2,10-12H2,1H3,(H,21,24)(H,22,25). The number of nitrogens with one attached hydrogen (secondary N) is 2. The quantitative estimate of drug-likeness (QED) is 0.810. The van der Waals surface area contributed by atoms with E-state index in [9.17, 15) is 4.79 Å². The molecule has 8 heteroatoms. The van der Waals surface area contributed by atoms with E-state index in [1.54, 1.807) is 11.8 Å². The van der Waals surface area contributed by atoms with Gasteiger partial charge in [-0.25, -0.2) is 0 Å². The first-order valence-electron chi connectivity index (χ1n) is 9.00. The number of aliphatic imine (C=N–C) groups is 1. The van der Waals surface area contributed by atoms with Crippen molar-refractivity contribution in [1.29, 1.82) is 0 Å². The molecule has 2 N–H and O–H groups in total. The Balaban J connectivity index is 1.36. The van der Waals surface area contributed by atoms with Crippen molar-refractivity contribution in [3.05, 3.63) is 53.6 Å². The molecule has 0 spiro atoms. The highest BCUT2D eigenvalue weighted by atomic mass is 32.2. The first kappa shape index (κ1) is 18.4. The minimum atomic E-state index is 0.00305. The molecule has 7 nitrogen and oxygen atoms in total. The summed E-state index contributed by atoms with van der Waals surface area (Å²) in [6.45, 7) is 2.64. The largest absolute Gasteiger partial charge is 0.454 e. The van der Waals surface area contributed by atoms with Crippen molar-refractivity contribution in [3.63, 3.8) is 0 Å². The molecule has 4 rings (SSSR count). The molecule has 2 aromatic carbocycles. The van der Waals surface area contributed by atoms with Crippen LogP contribution in [0.4, 0.5) is 5.69 Å². The van der Waals surface area contributed by atoms with Crippen LogP contribution in [-0.4, -0.2) is 29.3 Å². The Morgan fingerprint density at radius 1 is 1.21 bits per heavy atom. The summed E-state index contributed by atoms with van der Waals surface area (Å²) in [6, 6.07) is 13.5. The van der Waals surface area contributed by atoms with Gasteiger partial charge < -0.3 is 14.8 Å². The van der Waals surface area contributed by atoms with Crippen LogP contribution in [-0.2, 0) is 11.3 Å². The van der Waals surface area contributed by atoms with Crippen molar-refractivity contribution in [2.24, 2.45) is 10.1 Å². The van der Waals surface area contributed by atoms with E-state index >= 15 is 0 Å². The molecule has 0 unspecified atom stereocenters. The number of nitrogens with zero attached hydrogens (tertiary/aromatic N) is 2. The summed E-state index contributed by atoms with van der Waals surface area (Å²) < 4.78 is 10.7. The van der Waals surface area contributed by atoms with Gasteiger partial charge in [0.15, 0.2) is 16.7 Å². The molecule has 0 aliphatic carbocycles. The van der Waals surface area contributed by atoms with Gasteiger partial charge in [0.2, 0.25) is 12.7 Å². The zero-order chi connectivity index (χ0) is 19.3. The summed E-state index contributed by atoms with van der Waals surface area (Å²) in [5, 5.41) is 8.07. The lowest BCUT2D eigenvalue weighted by Crippen LogP contribution is -2.25. The molecule has 0 saturated carbocycles. The van der Waals surface area contributed by atoms with Crippen LogP contribution >= 0.6 is 11.8 Å². The van der Waals surface area contributed by atoms with Crippen LogP contribution in [0.2, 0.25) is 0 Å². The molecule has 2 heterocycles. The Labute approximate surface area is 167 Å². The van der Waals surface area contributed by atoms with Gasteiger partial charge in [-0.15, -0.1) is 0 Å². The number of hydrazone groups is 1. The van der Waals surface area contributed by atoms with Crippen molar-refractivity contribution in [2.75, 3.05) is 17.9 Å². The SMILES string of the molecule is CCC(=O)Nc1ccc(C2=NNC(=NCc3ccc4c(c3)OCO4)SC2)cc1. The lowest BCUT2D eigenvalue weighted by molar-refractivity contribution is -0.115. The summed E-state index contributed by atoms with van der Waals surface area (Å²) in [5.41, 5.74) is 6.83. The number of anilines is 1. The van der Waals surface area contributed by atoms with Crippen molar-refractivity contribution in [2.45, 2.75) is 19.9 Å². The molecular formula is C20H20N4O3S. The lowest BCUT2D eigenvalue weighted by atomic mass is 10.1. The predicted octanol–water partition coefficient (Wildman–Crippen LogP) is 3.36. The number of hydrogen-bond donors (Lipinski definition) is 2. The van der Waals surface area contributed by atoms with E-state index in [0.29, 0.717) is 13.0 Å². The zero-order valence-electron chi connectivity index (χ0n) is 15.4. The minimum absolute atomic E-state index is 0.00305. The van der Waals surface area contributed by atoms with E-state index in [0.717, 1.165) is 44.9 Å². The highest BCUT2D eigenvalue weighted by molar-refractivity contribution is 8.14. The average molecular weight is 396 g/mol. The molecule has 2 aliphatic rings. The van der Waals surface area contributed by atoms with Gasteiger partial charge in [-0.3, -0.25) is 15.2 Å². The number of ether oxygens (including phenoxy) is 2.